The van der Waals surface area contributed by atoms with Gasteiger partial charge in [0.2, 0.25) is 0 Å². The summed E-state index contributed by atoms with van der Waals surface area (Å²) in [6.45, 7) is 9.22. The van der Waals surface area contributed by atoms with Crippen molar-refractivity contribution >= 4 is 15.9 Å². The van der Waals surface area contributed by atoms with E-state index in [0.717, 1.165) is 36.2 Å². The van der Waals surface area contributed by atoms with Crippen molar-refractivity contribution in [2.24, 2.45) is 0 Å². The molecule has 114 valence electrons. The van der Waals surface area contributed by atoms with Crippen LogP contribution in [0.5, 0.6) is 0 Å². The van der Waals surface area contributed by atoms with E-state index in [1.165, 1.54) is 11.3 Å². The fourth-order valence-electron chi connectivity index (χ4n) is 2.51. The van der Waals surface area contributed by atoms with Gasteiger partial charge in [-0.25, -0.2) is 0 Å². The molecular formula is C17H24BrN3. The molecule has 4 heteroatoms. The van der Waals surface area contributed by atoms with Gasteiger partial charge in [-0.05, 0) is 54.2 Å². The van der Waals surface area contributed by atoms with Crippen molar-refractivity contribution in [2.75, 3.05) is 6.54 Å². The van der Waals surface area contributed by atoms with Crippen molar-refractivity contribution in [3.8, 4) is 0 Å². The van der Waals surface area contributed by atoms with E-state index in [1.807, 2.05) is 6.92 Å². The van der Waals surface area contributed by atoms with Gasteiger partial charge in [0.15, 0.2) is 0 Å². The highest BCUT2D eigenvalue weighted by molar-refractivity contribution is 9.10. The Morgan fingerprint density at radius 3 is 2.67 bits per heavy atom. The zero-order valence-electron chi connectivity index (χ0n) is 13.1. The molecule has 0 aliphatic rings. The third-order valence-corrected chi connectivity index (χ3v) is 4.90. The molecule has 0 aliphatic carbocycles. The van der Waals surface area contributed by atoms with Crippen molar-refractivity contribution in [1.82, 2.24) is 15.1 Å². The number of nitrogens with one attached hydrogen (secondary N) is 1. The molecule has 1 aromatic heterocycles. The molecule has 2 aromatic rings. The van der Waals surface area contributed by atoms with E-state index in [2.05, 4.69) is 75.2 Å². The first-order valence-corrected chi connectivity index (χ1v) is 8.40. The van der Waals surface area contributed by atoms with Gasteiger partial charge in [0.05, 0.1) is 15.9 Å². The molecule has 0 amide bonds. The topological polar surface area (TPSA) is 29.9 Å². The summed E-state index contributed by atoms with van der Waals surface area (Å²) in [6, 6.07) is 10.7. The summed E-state index contributed by atoms with van der Waals surface area (Å²) >= 11 is 3.64. The van der Waals surface area contributed by atoms with E-state index in [9.17, 15) is 0 Å². The van der Waals surface area contributed by atoms with Gasteiger partial charge in [0, 0.05) is 13.1 Å². The predicted octanol–water partition coefficient (Wildman–Crippen LogP) is 4.26. The number of aryl methyl sites for hydroxylation is 2. The molecule has 0 spiro atoms. The van der Waals surface area contributed by atoms with Crippen LogP contribution in [0, 0.1) is 6.92 Å². The number of aromatic nitrogens is 2. The SMILES string of the molecule is CCn1nc(C)c(Br)c1CNCCC(C)c1ccccc1. The lowest BCUT2D eigenvalue weighted by molar-refractivity contribution is 0.552. The average Bonchev–Trinajstić information content (AvgIpc) is 2.79. The van der Waals surface area contributed by atoms with E-state index in [0.29, 0.717) is 5.92 Å². The second-order valence-electron chi connectivity index (χ2n) is 5.44. The normalized spacial score (nSPS) is 12.6. The molecule has 3 nitrogen and oxygen atoms in total. The molecule has 1 unspecified atom stereocenters. The Morgan fingerprint density at radius 2 is 2.00 bits per heavy atom. The van der Waals surface area contributed by atoms with Gasteiger partial charge in [0.1, 0.15) is 0 Å². The van der Waals surface area contributed by atoms with E-state index in [1.54, 1.807) is 0 Å². The monoisotopic (exact) mass is 349 g/mol. The molecule has 1 heterocycles. The Kier molecular flexibility index (Phi) is 6.00. The summed E-state index contributed by atoms with van der Waals surface area (Å²) in [7, 11) is 0. The van der Waals surface area contributed by atoms with Gasteiger partial charge in [0.25, 0.3) is 0 Å². The second kappa shape index (κ2) is 7.76. The van der Waals surface area contributed by atoms with Crippen LogP contribution >= 0.6 is 15.9 Å². The highest BCUT2D eigenvalue weighted by Crippen LogP contribution is 2.21. The van der Waals surface area contributed by atoms with Gasteiger partial charge in [-0.2, -0.15) is 5.10 Å². The minimum absolute atomic E-state index is 0.583. The van der Waals surface area contributed by atoms with Gasteiger partial charge >= 0.3 is 0 Å². The van der Waals surface area contributed by atoms with Gasteiger partial charge in [-0.3, -0.25) is 4.68 Å². The molecule has 1 N–H and O–H groups in total. The Balaban J connectivity index is 1.83. The third kappa shape index (κ3) is 4.17. The predicted molar refractivity (Wildman–Crippen MR) is 91.5 cm³/mol. The fourth-order valence-corrected chi connectivity index (χ4v) is 2.94. The number of hydrogen-bond donors (Lipinski definition) is 1. The molecule has 0 aliphatic heterocycles. The zero-order chi connectivity index (χ0) is 15.2. The fraction of sp³-hybridized carbons (Fsp3) is 0.471. The molecule has 1 aromatic carbocycles. The Labute approximate surface area is 135 Å². The van der Waals surface area contributed by atoms with Crippen LogP contribution < -0.4 is 5.32 Å². The first kappa shape index (κ1) is 16.2. The average molecular weight is 350 g/mol. The van der Waals surface area contributed by atoms with Crippen LogP contribution in [0.4, 0.5) is 0 Å². The summed E-state index contributed by atoms with van der Waals surface area (Å²) in [4.78, 5) is 0. The number of hydrogen-bond acceptors (Lipinski definition) is 2. The first-order chi connectivity index (χ1) is 10.1. The van der Waals surface area contributed by atoms with Crippen LogP contribution in [0.2, 0.25) is 0 Å². The maximum absolute atomic E-state index is 4.52. The molecule has 0 saturated heterocycles. The lowest BCUT2D eigenvalue weighted by Crippen LogP contribution is -2.19. The molecule has 0 radical (unpaired) electrons. The smallest absolute Gasteiger partial charge is 0.0739 e. The van der Waals surface area contributed by atoms with E-state index in [4.69, 9.17) is 0 Å². The van der Waals surface area contributed by atoms with Crippen LogP contribution in [0.3, 0.4) is 0 Å². The Bertz CT molecular complexity index is 563. The summed E-state index contributed by atoms with van der Waals surface area (Å²) < 4.78 is 3.19. The van der Waals surface area contributed by atoms with Crippen LogP contribution in [-0.2, 0) is 13.1 Å². The summed E-state index contributed by atoms with van der Waals surface area (Å²) in [5.74, 6) is 0.583. The van der Waals surface area contributed by atoms with E-state index < -0.39 is 0 Å². The standard InChI is InChI=1S/C17H24BrN3/c1-4-21-16(17(18)14(3)20-21)12-19-11-10-13(2)15-8-6-5-7-9-15/h5-9,13,19H,4,10-12H2,1-3H3. The lowest BCUT2D eigenvalue weighted by atomic mass is 9.98. The van der Waals surface area contributed by atoms with Crippen LogP contribution in [-0.4, -0.2) is 16.3 Å². The van der Waals surface area contributed by atoms with Crippen molar-refractivity contribution in [2.45, 2.75) is 46.2 Å². The molecule has 21 heavy (non-hydrogen) atoms. The minimum atomic E-state index is 0.583. The maximum Gasteiger partial charge on any atom is 0.0739 e. The van der Waals surface area contributed by atoms with E-state index in [-0.39, 0.29) is 0 Å². The highest BCUT2D eigenvalue weighted by atomic mass is 79.9. The molecule has 2 rings (SSSR count). The van der Waals surface area contributed by atoms with Gasteiger partial charge < -0.3 is 5.32 Å². The maximum atomic E-state index is 4.52. The number of nitrogens with zero attached hydrogens (tertiary/aromatic N) is 2. The minimum Gasteiger partial charge on any atom is -0.311 e. The number of halogens is 1. The molecule has 0 saturated carbocycles. The molecule has 0 fully saturated rings. The summed E-state index contributed by atoms with van der Waals surface area (Å²) in [5.41, 5.74) is 3.71. The van der Waals surface area contributed by atoms with Gasteiger partial charge in [-0.1, -0.05) is 37.3 Å². The molecule has 1 atom stereocenters. The van der Waals surface area contributed by atoms with Crippen molar-refractivity contribution in [1.29, 1.82) is 0 Å². The zero-order valence-corrected chi connectivity index (χ0v) is 14.7. The van der Waals surface area contributed by atoms with Crippen LogP contribution in [0.15, 0.2) is 34.8 Å². The van der Waals surface area contributed by atoms with Crippen molar-refractivity contribution in [3.05, 3.63) is 51.8 Å². The Hall–Kier alpha value is -1.13. The van der Waals surface area contributed by atoms with E-state index >= 15 is 0 Å². The van der Waals surface area contributed by atoms with Crippen LogP contribution in [0.1, 0.15) is 43.1 Å². The van der Waals surface area contributed by atoms with Crippen LogP contribution in [0.25, 0.3) is 0 Å². The second-order valence-corrected chi connectivity index (χ2v) is 6.23. The Morgan fingerprint density at radius 1 is 1.29 bits per heavy atom. The molecular weight excluding hydrogens is 326 g/mol. The molecule has 0 bridgehead atoms. The summed E-state index contributed by atoms with van der Waals surface area (Å²) in [5, 5.41) is 8.06. The lowest BCUT2D eigenvalue weighted by Gasteiger charge is -2.13. The third-order valence-electron chi connectivity index (χ3n) is 3.87. The quantitative estimate of drug-likeness (QED) is 0.757. The first-order valence-electron chi connectivity index (χ1n) is 7.61. The van der Waals surface area contributed by atoms with Crippen molar-refractivity contribution < 1.29 is 0 Å². The number of rotatable bonds is 7. The number of benzene rings is 1. The largest absolute Gasteiger partial charge is 0.311 e. The van der Waals surface area contributed by atoms with Crippen molar-refractivity contribution in [3.63, 3.8) is 0 Å². The summed E-state index contributed by atoms with van der Waals surface area (Å²) in [6.07, 6.45) is 1.14. The highest BCUT2D eigenvalue weighted by Gasteiger charge is 2.11. The van der Waals surface area contributed by atoms with Gasteiger partial charge in [-0.15, -0.1) is 0 Å².